The maximum atomic E-state index is 13.1. The summed E-state index contributed by atoms with van der Waals surface area (Å²) >= 11 is 0. The smallest absolute Gasteiger partial charge is 0.253 e. The molecule has 1 fully saturated rings. The average molecular weight is 358 g/mol. The number of rotatable bonds is 4. The number of aromatic nitrogens is 1. The van der Waals surface area contributed by atoms with Crippen molar-refractivity contribution in [3.8, 4) is 0 Å². The van der Waals surface area contributed by atoms with Crippen LogP contribution >= 0.6 is 0 Å². The van der Waals surface area contributed by atoms with Gasteiger partial charge < -0.3 is 5.32 Å². The predicted molar refractivity (Wildman–Crippen MR) is 110 cm³/mol. The van der Waals surface area contributed by atoms with E-state index in [0.717, 1.165) is 48.9 Å². The topological polar surface area (TPSA) is 42.0 Å². The quantitative estimate of drug-likeness (QED) is 0.700. The Bertz CT molecular complexity index is 927. The molecule has 1 saturated carbocycles. The van der Waals surface area contributed by atoms with Crippen LogP contribution in [0.2, 0.25) is 0 Å². The van der Waals surface area contributed by atoms with E-state index < -0.39 is 0 Å². The molecule has 0 saturated heterocycles. The number of fused-ring (bicyclic) bond motifs is 1. The van der Waals surface area contributed by atoms with Crippen LogP contribution in [0.1, 0.15) is 48.5 Å². The van der Waals surface area contributed by atoms with Gasteiger partial charge in [-0.25, -0.2) is 0 Å². The second kappa shape index (κ2) is 7.51. The summed E-state index contributed by atoms with van der Waals surface area (Å²) in [5.74, 6) is 0.715. The van der Waals surface area contributed by atoms with E-state index in [1.807, 2.05) is 36.4 Å². The van der Waals surface area contributed by atoms with Crippen LogP contribution in [0.5, 0.6) is 0 Å². The Kier molecular flexibility index (Phi) is 4.93. The van der Waals surface area contributed by atoms with Crippen LogP contribution in [0, 0.1) is 5.92 Å². The van der Waals surface area contributed by atoms with E-state index in [-0.39, 0.29) is 11.4 Å². The van der Waals surface area contributed by atoms with E-state index in [1.165, 1.54) is 5.56 Å². The van der Waals surface area contributed by atoms with Gasteiger partial charge in [-0.15, -0.1) is 0 Å². The van der Waals surface area contributed by atoms with E-state index in [0.29, 0.717) is 5.56 Å². The summed E-state index contributed by atoms with van der Waals surface area (Å²) in [4.78, 5) is 17.5. The van der Waals surface area contributed by atoms with E-state index in [4.69, 9.17) is 0 Å². The molecule has 3 aromatic rings. The number of pyridine rings is 1. The molecule has 1 heterocycles. The molecular weight excluding hydrogens is 332 g/mol. The Labute approximate surface area is 160 Å². The molecule has 0 spiro atoms. The SMILES string of the molecule is CC1CCC(Cc2ccccc2)(NC(=O)c2cnc3ccccc3c2)CC1. The molecule has 0 radical (unpaired) electrons. The summed E-state index contributed by atoms with van der Waals surface area (Å²) in [5.41, 5.74) is 2.67. The number of carbonyl (C=O) groups is 1. The van der Waals surface area contributed by atoms with E-state index in [9.17, 15) is 4.79 Å². The fraction of sp³-hybridized carbons (Fsp3) is 0.333. The molecule has 2 aromatic carbocycles. The molecule has 1 aromatic heterocycles. The van der Waals surface area contributed by atoms with Crippen molar-refractivity contribution >= 4 is 16.8 Å². The highest BCUT2D eigenvalue weighted by molar-refractivity contribution is 5.97. The molecule has 1 aliphatic carbocycles. The summed E-state index contributed by atoms with van der Waals surface area (Å²) in [6.45, 7) is 2.31. The number of amides is 1. The third kappa shape index (κ3) is 4.02. The van der Waals surface area contributed by atoms with Gasteiger partial charge in [-0.3, -0.25) is 9.78 Å². The van der Waals surface area contributed by atoms with Gasteiger partial charge in [0.2, 0.25) is 0 Å². The lowest BCUT2D eigenvalue weighted by Gasteiger charge is -2.40. The summed E-state index contributed by atoms with van der Waals surface area (Å²) in [6, 6.07) is 20.4. The van der Waals surface area contributed by atoms with Gasteiger partial charge in [-0.1, -0.05) is 55.5 Å². The van der Waals surface area contributed by atoms with Crippen LogP contribution in [-0.2, 0) is 6.42 Å². The number of hydrogen-bond donors (Lipinski definition) is 1. The Morgan fingerprint density at radius 2 is 1.78 bits per heavy atom. The van der Waals surface area contributed by atoms with Gasteiger partial charge in [0.05, 0.1) is 11.1 Å². The lowest BCUT2D eigenvalue weighted by molar-refractivity contribution is 0.0852. The van der Waals surface area contributed by atoms with Crippen LogP contribution in [0.4, 0.5) is 0 Å². The average Bonchev–Trinajstić information content (AvgIpc) is 2.71. The van der Waals surface area contributed by atoms with Gasteiger partial charge in [-0.2, -0.15) is 0 Å². The second-order valence-corrected chi connectivity index (χ2v) is 8.00. The minimum Gasteiger partial charge on any atom is -0.346 e. The Morgan fingerprint density at radius 3 is 2.56 bits per heavy atom. The van der Waals surface area contributed by atoms with Crippen LogP contribution in [0.25, 0.3) is 10.9 Å². The first kappa shape index (κ1) is 17.7. The number of nitrogens with zero attached hydrogens (tertiary/aromatic N) is 1. The Morgan fingerprint density at radius 1 is 1.07 bits per heavy atom. The first-order valence-electron chi connectivity index (χ1n) is 9.85. The molecule has 3 nitrogen and oxygen atoms in total. The van der Waals surface area contributed by atoms with Crippen LogP contribution in [-0.4, -0.2) is 16.4 Å². The van der Waals surface area contributed by atoms with Crippen molar-refractivity contribution < 1.29 is 4.79 Å². The van der Waals surface area contributed by atoms with Crippen LogP contribution < -0.4 is 5.32 Å². The fourth-order valence-corrected chi connectivity index (χ4v) is 4.16. The molecule has 0 aliphatic heterocycles. The molecular formula is C24H26N2O. The highest BCUT2D eigenvalue weighted by Crippen LogP contribution is 2.34. The van der Waals surface area contributed by atoms with E-state index >= 15 is 0 Å². The monoisotopic (exact) mass is 358 g/mol. The third-order valence-corrected chi connectivity index (χ3v) is 5.85. The predicted octanol–water partition coefficient (Wildman–Crippen LogP) is 5.16. The van der Waals surface area contributed by atoms with Crippen molar-refractivity contribution in [2.24, 2.45) is 5.92 Å². The van der Waals surface area contributed by atoms with E-state index in [2.05, 4.69) is 41.5 Å². The third-order valence-electron chi connectivity index (χ3n) is 5.85. The zero-order valence-corrected chi connectivity index (χ0v) is 15.8. The minimum atomic E-state index is -0.170. The summed E-state index contributed by atoms with van der Waals surface area (Å²) in [5, 5.41) is 4.40. The molecule has 1 N–H and O–H groups in total. The van der Waals surface area contributed by atoms with Gasteiger partial charge >= 0.3 is 0 Å². The molecule has 1 amide bonds. The van der Waals surface area contributed by atoms with Crippen molar-refractivity contribution in [3.63, 3.8) is 0 Å². The van der Waals surface area contributed by atoms with Gasteiger partial charge in [0.25, 0.3) is 5.91 Å². The van der Waals surface area contributed by atoms with E-state index in [1.54, 1.807) is 6.20 Å². The normalized spacial score (nSPS) is 22.5. The van der Waals surface area contributed by atoms with Crippen LogP contribution in [0.3, 0.4) is 0 Å². The zero-order valence-electron chi connectivity index (χ0n) is 15.8. The molecule has 4 rings (SSSR count). The first-order valence-corrected chi connectivity index (χ1v) is 9.85. The maximum absolute atomic E-state index is 13.1. The summed E-state index contributed by atoms with van der Waals surface area (Å²) in [6.07, 6.45) is 6.93. The lowest BCUT2D eigenvalue weighted by atomic mass is 9.74. The van der Waals surface area contributed by atoms with Crippen molar-refractivity contribution in [2.45, 2.75) is 44.6 Å². The number of benzene rings is 2. The molecule has 27 heavy (non-hydrogen) atoms. The standard InChI is InChI=1S/C24H26N2O/c1-18-11-13-24(14-12-18,16-19-7-3-2-4-8-19)26-23(27)21-15-20-9-5-6-10-22(20)25-17-21/h2-10,15,17-18H,11-14,16H2,1H3,(H,26,27). The van der Waals surface area contributed by atoms with Crippen molar-refractivity contribution in [1.82, 2.24) is 10.3 Å². The lowest BCUT2D eigenvalue weighted by Crippen LogP contribution is -2.52. The number of hydrogen-bond acceptors (Lipinski definition) is 2. The largest absolute Gasteiger partial charge is 0.346 e. The number of carbonyl (C=O) groups excluding carboxylic acids is 1. The Hall–Kier alpha value is -2.68. The number of nitrogens with one attached hydrogen (secondary N) is 1. The molecule has 0 atom stereocenters. The number of para-hydroxylation sites is 1. The minimum absolute atomic E-state index is 0.0151. The zero-order chi connectivity index (χ0) is 18.7. The molecule has 0 unspecified atom stereocenters. The molecule has 3 heteroatoms. The van der Waals surface area contributed by atoms with Gasteiger partial charge in [0.1, 0.15) is 0 Å². The van der Waals surface area contributed by atoms with Crippen molar-refractivity contribution in [2.75, 3.05) is 0 Å². The maximum Gasteiger partial charge on any atom is 0.253 e. The van der Waals surface area contributed by atoms with Gasteiger partial charge in [-0.05, 0) is 55.7 Å². The summed E-state index contributed by atoms with van der Waals surface area (Å²) < 4.78 is 0. The fourth-order valence-electron chi connectivity index (χ4n) is 4.16. The second-order valence-electron chi connectivity index (χ2n) is 8.00. The highest BCUT2D eigenvalue weighted by atomic mass is 16.1. The van der Waals surface area contributed by atoms with Gasteiger partial charge in [0.15, 0.2) is 0 Å². The van der Waals surface area contributed by atoms with Crippen LogP contribution in [0.15, 0.2) is 66.9 Å². The van der Waals surface area contributed by atoms with Gasteiger partial charge in [0, 0.05) is 17.1 Å². The van der Waals surface area contributed by atoms with Crippen molar-refractivity contribution in [1.29, 1.82) is 0 Å². The first-order chi connectivity index (χ1) is 13.1. The molecule has 1 aliphatic rings. The molecule has 0 bridgehead atoms. The summed E-state index contributed by atoms with van der Waals surface area (Å²) in [7, 11) is 0. The van der Waals surface area contributed by atoms with Crippen molar-refractivity contribution in [3.05, 3.63) is 78.0 Å². The molecule has 138 valence electrons. The Balaban J connectivity index is 1.59. The highest BCUT2D eigenvalue weighted by Gasteiger charge is 2.36.